The van der Waals surface area contributed by atoms with Crippen molar-refractivity contribution in [2.45, 2.75) is 18.9 Å². The Kier molecular flexibility index (Phi) is 5.21. The van der Waals surface area contributed by atoms with Crippen LogP contribution >= 0.6 is 0 Å². The smallest absolute Gasteiger partial charge is 0.222 e. The predicted molar refractivity (Wildman–Crippen MR) is 107 cm³/mol. The number of nitrogen functional groups attached to an aromatic ring is 1. The molecule has 1 atom stereocenters. The van der Waals surface area contributed by atoms with Crippen LogP contribution < -0.4 is 11.1 Å². The minimum absolute atomic E-state index is 0.140. The van der Waals surface area contributed by atoms with Crippen LogP contribution in [0.1, 0.15) is 24.4 Å². The minimum atomic E-state index is -0.221. The van der Waals surface area contributed by atoms with Gasteiger partial charge in [-0.1, -0.05) is 12.1 Å². The molecule has 1 saturated heterocycles. The van der Waals surface area contributed by atoms with E-state index in [0.717, 1.165) is 29.9 Å². The molecule has 0 bridgehead atoms. The van der Waals surface area contributed by atoms with Crippen molar-refractivity contribution >= 4 is 11.8 Å². The monoisotopic (exact) mass is 381 g/mol. The maximum absolute atomic E-state index is 13.4. The molecule has 1 fully saturated rings. The quantitative estimate of drug-likeness (QED) is 0.683. The molecule has 3 aromatic rings. The van der Waals surface area contributed by atoms with Crippen molar-refractivity contribution < 1.29 is 4.39 Å². The zero-order valence-electron chi connectivity index (χ0n) is 15.8. The molecule has 0 saturated carbocycles. The fraction of sp³-hybridized carbons (Fsp3) is 0.350. The fourth-order valence-electron chi connectivity index (χ4n) is 3.66. The van der Waals surface area contributed by atoms with Crippen molar-refractivity contribution in [2.75, 3.05) is 30.7 Å². The van der Waals surface area contributed by atoms with E-state index in [1.165, 1.54) is 25.0 Å². The first-order chi connectivity index (χ1) is 13.6. The molecule has 1 aromatic carbocycles. The Morgan fingerprint density at radius 3 is 2.61 bits per heavy atom. The number of anilines is 2. The molecule has 3 N–H and O–H groups in total. The standard InChI is InChI=1S/C20H24FN7/c1-27-13-15(11-24-27)17-10-19(26-20(22)25-17)23-12-18(28-8-2-3-9-28)14-4-6-16(21)7-5-14/h4-7,10-11,13,18H,2-3,8-9,12H2,1H3,(H3,22,23,25,26)/t18-/m1/s1. The lowest BCUT2D eigenvalue weighted by atomic mass is 10.1. The number of hydrogen-bond donors (Lipinski definition) is 2. The molecule has 7 nitrogen and oxygen atoms in total. The van der Waals surface area contributed by atoms with Crippen LogP contribution in [0.4, 0.5) is 16.2 Å². The normalized spacial score (nSPS) is 15.6. The Balaban J connectivity index is 1.55. The summed E-state index contributed by atoms with van der Waals surface area (Å²) >= 11 is 0. The number of halogens is 1. The number of benzene rings is 1. The van der Waals surface area contributed by atoms with E-state index in [4.69, 9.17) is 5.73 Å². The molecule has 0 spiro atoms. The largest absolute Gasteiger partial charge is 0.368 e. The molecule has 4 rings (SSSR count). The van der Waals surface area contributed by atoms with E-state index in [1.807, 2.05) is 31.4 Å². The molecule has 0 radical (unpaired) electrons. The molecule has 3 heterocycles. The van der Waals surface area contributed by atoms with Crippen LogP contribution in [0.15, 0.2) is 42.7 Å². The summed E-state index contributed by atoms with van der Waals surface area (Å²) in [5.41, 5.74) is 8.61. The summed E-state index contributed by atoms with van der Waals surface area (Å²) in [6.07, 6.45) is 6.00. The third-order valence-electron chi connectivity index (χ3n) is 5.06. The predicted octanol–water partition coefficient (Wildman–Crippen LogP) is 2.85. The zero-order valence-corrected chi connectivity index (χ0v) is 15.8. The van der Waals surface area contributed by atoms with Gasteiger partial charge in [-0.15, -0.1) is 0 Å². The van der Waals surface area contributed by atoms with Crippen LogP contribution in [0, 0.1) is 5.82 Å². The second kappa shape index (κ2) is 7.93. The van der Waals surface area contributed by atoms with E-state index in [0.29, 0.717) is 12.4 Å². The lowest BCUT2D eigenvalue weighted by Gasteiger charge is -2.28. The van der Waals surface area contributed by atoms with E-state index in [-0.39, 0.29) is 17.8 Å². The minimum Gasteiger partial charge on any atom is -0.368 e. The van der Waals surface area contributed by atoms with Gasteiger partial charge < -0.3 is 11.1 Å². The number of nitrogens with one attached hydrogen (secondary N) is 1. The Bertz CT molecular complexity index is 932. The SMILES string of the molecule is Cn1cc(-c2cc(NC[C@H](c3ccc(F)cc3)N3CCCC3)nc(N)n2)cn1. The Morgan fingerprint density at radius 2 is 1.93 bits per heavy atom. The molecule has 0 aliphatic carbocycles. The molecular formula is C20H24FN7. The maximum atomic E-state index is 13.4. The van der Waals surface area contributed by atoms with Gasteiger partial charge >= 0.3 is 0 Å². The average Bonchev–Trinajstić information content (AvgIpc) is 3.35. The average molecular weight is 381 g/mol. The summed E-state index contributed by atoms with van der Waals surface area (Å²) in [4.78, 5) is 11.1. The van der Waals surface area contributed by atoms with Crippen molar-refractivity contribution in [1.29, 1.82) is 0 Å². The Hall–Kier alpha value is -3.00. The number of nitrogens with two attached hydrogens (primary N) is 1. The number of hydrogen-bond acceptors (Lipinski definition) is 6. The van der Waals surface area contributed by atoms with Crippen molar-refractivity contribution in [3.63, 3.8) is 0 Å². The number of aromatic nitrogens is 4. The molecule has 0 unspecified atom stereocenters. The third-order valence-corrected chi connectivity index (χ3v) is 5.06. The summed E-state index contributed by atoms with van der Waals surface area (Å²) in [5.74, 6) is 0.655. The van der Waals surface area contributed by atoms with Gasteiger partial charge in [-0.25, -0.2) is 9.37 Å². The molecule has 1 aliphatic rings. The molecule has 8 heteroatoms. The summed E-state index contributed by atoms with van der Waals surface area (Å²) in [7, 11) is 1.86. The number of nitrogens with zero attached hydrogens (tertiary/aromatic N) is 5. The van der Waals surface area contributed by atoms with E-state index < -0.39 is 0 Å². The topological polar surface area (TPSA) is 84.9 Å². The van der Waals surface area contributed by atoms with Crippen molar-refractivity contribution in [1.82, 2.24) is 24.6 Å². The van der Waals surface area contributed by atoms with Crippen LogP contribution in [0.2, 0.25) is 0 Å². The van der Waals surface area contributed by atoms with Gasteiger partial charge in [0.25, 0.3) is 0 Å². The first-order valence-electron chi connectivity index (χ1n) is 9.45. The second-order valence-corrected chi connectivity index (χ2v) is 7.09. The Labute approximate surface area is 163 Å². The molecular weight excluding hydrogens is 357 g/mol. The summed E-state index contributed by atoms with van der Waals surface area (Å²) < 4.78 is 15.1. The highest BCUT2D eigenvalue weighted by atomic mass is 19.1. The molecule has 1 aliphatic heterocycles. The van der Waals surface area contributed by atoms with Gasteiger partial charge in [0.1, 0.15) is 11.6 Å². The van der Waals surface area contributed by atoms with Gasteiger partial charge in [-0.2, -0.15) is 10.1 Å². The van der Waals surface area contributed by atoms with Gasteiger partial charge in [-0.05, 0) is 43.6 Å². The van der Waals surface area contributed by atoms with E-state index in [2.05, 4.69) is 25.3 Å². The van der Waals surface area contributed by atoms with Crippen LogP contribution in [0.5, 0.6) is 0 Å². The first kappa shape index (κ1) is 18.4. The number of rotatable bonds is 6. The van der Waals surface area contributed by atoms with Crippen molar-refractivity contribution in [3.05, 3.63) is 54.1 Å². The lowest BCUT2D eigenvalue weighted by molar-refractivity contribution is 0.255. The van der Waals surface area contributed by atoms with Gasteiger partial charge in [0.05, 0.1) is 17.9 Å². The summed E-state index contributed by atoms with van der Waals surface area (Å²) in [5, 5.41) is 7.58. The highest BCUT2D eigenvalue weighted by Gasteiger charge is 2.23. The third kappa shape index (κ3) is 4.12. The van der Waals surface area contributed by atoms with Crippen molar-refractivity contribution in [3.8, 4) is 11.3 Å². The molecule has 146 valence electrons. The van der Waals surface area contributed by atoms with E-state index >= 15 is 0 Å². The van der Waals surface area contributed by atoms with Crippen LogP contribution in [-0.4, -0.2) is 44.3 Å². The first-order valence-corrected chi connectivity index (χ1v) is 9.45. The fourth-order valence-corrected chi connectivity index (χ4v) is 3.66. The van der Waals surface area contributed by atoms with Crippen molar-refractivity contribution in [2.24, 2.45) is 7.05 Å². The second-order valence-electron chi connectivity index (χ2n) is 7.09. The van der Waals surface area contributed by atoms with Gasteiger partial charge in [0.15, 0.2) is 0 Å². The van der Waals surface area contributed by atoms with Gasteiger partial charge in [0, 0.05) is 31.4 Å². The van der Waals surface area contributed by atoms with Crippen LogP contribution in [-0.2, 0) is 7.05 Å². The summed E-state index contributed by atoms with van der Waals surface area (Å²) in [6.45, 7) is 2.72. The highest BCUT2D eigenvalue weighted by molar-refractivity contribution is 5.62. The lowest BCUT2D eigenvalue weighted by Crippen LogP contribution is -2.31. The zero-order chi connectivity index (χ0) is 19.5. The molecule has 0 amide bonds. The Morgan fingerprint density at radius 1 is 1.18 bits per heavy atom. The number of aryl methyl sites for hydroxylation is 1. The molecule has 2 aromatic heterocycles. The van der Waals surface area contributed by atoms with Crippen LogP contribution in [0.25, 0.3) is 11.3 Å². The summed E-state index contributed by atoms with van der Waals surface area (Å²) in [6, 6.07) is 8.76. The number of likely N-dealkylation sites (tertiary alicyclic amines) is 1. The highest BCUT2D eigenvalue weighted by Crippen LogP contribution is 2.26. The molecule has 28 heavy (non-hydrogen) atoms. The van der Waals surface area contributed by atoms with E-state index in [9.17, 15) is 4.39 Å². The van der Waals surface area contributed by atoms with E-state index in [1.54, 1.807) is 10.9 Å². The van der Waals surface area contributed by atoms with Gasteiger partial charge in [-0.3, -0.25) is 9.58 Å². The maximum Gasteiger partial charge on any atom is 0.222 e. The van der Waals surface area contributed by atoms with Crippen LogP contribution in [0.3, 0.4) is 0 Å². The van der Waals surface area contributed by atoms with Gasteiger partial charge in [0.2, 0.25) is 5.95 Å².